The summed E-state index contributed by atoms with van der Waals surface area (Å²) in [6.07, 6.45) is 2.20. The molecule has 0 radical (unpaired) electrons. The molecule has 0 aliphatic carbocycles. The van der Waals surface area contributed by atoms with Crippen molar-refractivity contribution in [3.05, 3.63) is 0 Å². The Kier molecular flexibility index (Phi) is 3.80. The molecule has 0 unspecified atom stereocenters. The number of halogens is 1. The lowest BCUT2D eigenvalue weighted by Crippen LogP contribution is -2.37. The normalized spacial score (nSPS) is 27.3. The van der Waals surface area contributed by atoms with Gasteiger partial charge in [0, 0.05) is 19.7 Å². The molecule has 0 aromatic heterocycles. The number of rotatable bonds is 3. The van der Waals surface area contributed by atoms with Gasteiger partial charge in [-0.05, 0) is 25.3 Å². The maximum atomic E-state index is 11.9. The minimum atomic E-state index is -0.266. The summed E-state index contributed by atoms with van der Waals surface area (Å²) in [5, 5.41) is 8.86. The lowest BCUT2D eigenvalue weighted by molar-refractivity contribution is 0.115. The fourth-order valence-electron chi connectivity index (χ4n) is 1.62. The van der Waals surface area contributed by atoms with Crippen LogP contribution >= 0.6 is 0 Å². The van der Waals surface area contributed by atoms with Gasteiger partial charge in [0.15, 0.2) is 0 Å². The van der Waals surface area contributed by atoms with Crippen LogP contribution in [0.25, 0.3) is 0 Å². The molecule has 1 saturated heterocycles. The lowest BCUT2D eigenvalue weighted by atomic mass is 9.99. The van der Waals surface area contributed by atoms with Crippen LogP contribution in [0.1, 0.15) is 12.8 Å². The van der Waals surface area contributed by atoms with E-state index in [9.17, 15) is 4.39 Å². The number of alkyl halides is 1. The number of piperidine rings is 1. The SMILES string of the molecule is OC[C@@H]1CCCN(CCF)C1. The summed E-state index contributed by atoms with van der Waals surface area (Å²) in [7, 11) is 0. The zero-order valence-electron chi connectivity index (χ0n) is 6.80. The third-order valence-corrected chi connectivity index (χ3v) is 2.26. The van der Waals surface area contributed by atoms with Crippen molar-refractivity contribution in [1.82, 2.24) is 4.90 Å². The molecule has 1 heterocycles. The zero-order valence-corrected chi connectivity index (χ0v) is 6.80. The third kappa shape index (κ3) is 2.75. The molecule has 1 fully saturated rings. The Morgan fingerprint density at radius 3 is 3.00 bits per heavy atom. The molecule has 2 nitrogen and oxygen atoms in total. The molecule has 3 heteroatoms. The van der Waals surface area contributed by atoms with Crippen LogP contribution in [0, 0.1) is 5.92 Å². The molecule has 0 aromatic rings. The van der Waals surface area contributed by atoms with Crippen LogP contribution in [-0.4, -0.2) is 42.9 Å². The minimum absolute atomic E-state index is 0.253. The standard InChI is InChI=1S/C8H16FNO/c9-3-5-10-4-1-2-8(6-10)7-11/h8,11H,1-7H2/t8-/m1/s1. The number of likely N-dealkylation sites (tertiary alicyclic amines) is 1. The van der Waals surface area contributed by atoms with Crippen LogP contribution < -0.4 is 0 Å². The largest absolute Gasteiger partial charge is 0.396 e. The van der Waals surface area contributed by atoms with E-state index in [-0.39, 0.29) is 13.3 Å². The highest BCUT2D eigenvalue weighted by molar-refractivity contribution is 4.71. The zero-order chi connectivity index (χ0) is 8.10. The van der Waals surface area contributed by atoms with E-state index in [1.807, 2.05) is 0 Å². The summed E-state index contributed by atoms with van der Waals surface area (Å²) >= 11 is 0. The molecular formula is C8H16FNO. The van der Waals surface area contributed by atoms with E-state index >= 15 is 0 Å². The number of hydrogen-bond donors (Lipinski definition) is 1. The number of aliphatic hydroxyl groups excluding tert-OH is 1. The van der Waals surface area contributed by atoms with Crippen molar-refractivity contribution in [2.75, 3.05) is 32.9 Å². The Labute approximate surface area is 67.0 Å². The highest BCUT2D eigenvalue weighted by Gasteiger charge is 2.18. The third-order valence-electron chi connectivity index (χ3n) is 2.26. The van der Waals surface area contributed by atoms with Crippen molar-refractivity contribution >= 4 is 0 Å². The second-order valence-corrected chi connectivity index (χ2v) is 3.18. The van der Waals surface area contributed by atoms with Gasteiger partial charge in [-0.3, -0.25) is 0 Å². The Bertz CT molecular complexity index is 108. The first-order valence-corrected chi connectivity index (χ1v) is 4.26. The molecule has 0 bridgehead atoms. The van der Waals surface area contributed by atoms with Gasteiger partial charge in [-0.2, -0.15) is 0 Å². The second kappa shape index (κ2) is 4.67. The van der Waals surface area contributed by atoms with Gasteiger partial charge in [-0.15, -0.1) is 0 Å². The van der Waals surface area contributed by atoms with E-state index < -0.39 is 0 Å². The first kappa shape index (κ1) is 8.94. The smallest absolute Gasteiger partial charge is 0.102 e. The van der Waals surface area contributed by atoms with E-state index in [1.165, 1.54) is 0 Å². The summed E-state index contributed by atoms with van der Waals surface area (Å²) < 4.78 is 11.9. The van der Waals surface area contributed by atoms with Crippen LogP contribution in [0.2, 0.25) is 0 Å². The summed E-state index contributed by atoms with van der Waals surface area (Å²) in [4.78, 5) is 2.09. The number of nitrogens with zero attached hydrogens (tertiary/aromatic N) is 1. The summed E-state index contributed by atoms with van der Waals surface area (Å²) in [5.74, 6) is 0.385. The van der Waals surface area contributed by atoms with E-state index in [2.05, 4.69) is 4.90 Å². The average molecular weight is 161 g/mol. The van der Waals surface area contributed by atoms with Crippen molar-refractivity contribution in [2.24, 2.45) is 5.92 Å². The Balaban J connectivity index is 2.21. The molecule has 1 aliphatic heterocycles. The van der Waals surface area contributed by atoms with Gasteiger partial charge in [-0.25, -0.2) is 4.39 Å². The molecular weight excluding hydrogens is 145 g/mol. The molecule has 1 rings (SSSR count). The first-order valence-electron chi connectivity index (χ1n) is 4.26. The molecule has 0 aromatic carbocycles. The van der Waals surface area contributed by atoms with E-state index in [0.29, 0.717) is 12.5 Å². The first-order chi connectivity index (χ1) is 5.36. The van der Waals surface area contributed by atoms with Gasteiger partial charge < -0.3 is 10.0 Å². The van der Waals surface area contributed by atoms with E-state index in [0.717, 1.165) is 25.9 Å². The van der Waals surface area contributed by atoms with Gasteiger partial charge in [-0.1, -0.05) is 0 Å². The van der Waals surface area contributed by atoms with Gasteiger partial charge in [0.1, 0.15) is 6.67 Å². The molecule has 1 atom stereocenters. The van der Waals surface area contributed by atoms with Crippen molar-refractivity contribution in [3.8, 4) is 0 Å². The van der Waals surface area contributed by atoms with Crippen molar-refractivity contribution in [3.63, 3.8) is 0 Å². The van der Waals surface area contributed by atoms with Crippen molar-refractivity contribution in [2.45, 2.75) is 12.8 Å². The monoisotopic (exact) mass is 161 g/mol. The Hall–Kier alpha value is -0.150. The van der Waals surface area contributed by atoms with Crippen LogP contribution in [-0.2, 0) is 0 Å². The summed E-state index contributed by atoms with van der Waals surface area (Å²) in [6, 6.07) is 0. The molecule has 66 valence electrons. The summed E-state index contributed by atoms with van der Waals surface area (Å²) in [6.45, 7) is 2.40. The van der Waals surface area contributed by atoms with E-state index in [1.54, 1.807) is 0 Å². The highest BCUT2D eigenvalue weighted by Crippen LogP contribution is 2.14. The Morgan fingerprint density at radius 1 is 1.55 bits per heavy atom. The maximum absolute atomic E-state index is 11.9. The number of aliphatic hydroxyl groups is 1. The average Bonchev–Trinajstić information content (AvgIpc) is 2.06. The minimum Gasteiger partial charge on any atom is -0.396 e. The molecule has 1 N–H and O–H groups in total. The van der Waals surface area contributed by atoms with Gasteiger partial charge in [0.2, 0.25) is 0 Å². The van der Waals surface area contributed by atoms with Crippen LogP contribution in [0.15, 0.2) is 0 Å². The molecule has 0 saturated carbocycles. The van der Waals surface area contributed by atoms with Gasteiger partial charge >= 0.3 is 0 Å². The van der Waals surface area contributed by atoms with Gasteiger partial charge in [0.25, 0.3) is 0 Å². The highest BCUT2D eigenvalue weighted by atomic mass is 19.1. The van der Waals surface area contributed by atoms with E-state index in [4.69, 9.17) is 5.11 Å². The Morgan fingerprint density at radius 2 is 2.36 bits per heavy atom. The molecule has 11 heavy (non-hydrogen) atoms. The fourth-order valence-corrected chi connectivity index (χ4v) is 1.62. The van der Waals surface area contributed by atoms with Crippen LogP contribution in [0.3, 0.4) is 0 Å². The predicted octanol–water partition coefficient (Wildman–Crippen LogP) is 0.660. The van der Waals surface area contributed by atoms with Crippen LogP contribution in [0.4, 0.5) is 4.39 Å². The summed E-state index contributed by atoms with van der Waals surface area (Å²) in [5.41, 5.74) is 0. The fraction of sp³-hybridized carbons (Fsp3) is 1.00. The molecule has 0 amide bonds. The predicted molar refractivity (Wildman–Crippen MR) is 42.2 cm³/mol. The van der Waals surface area contributed by atoms with Gasteiger partial charge in [0.05, 0.1) is 0 Å². The van der Waals surface area contributed by atoms with Crippen molar-refractivity contribution < 1.29 is 9.50 Å². The topological polar surface area (TPSA) is 23.5 Å². The number of hydrogen-bond acceptors (Lipinski definition) is 2. The molecule has 0 spiro atoms. The lowest BCUT2D eigenvalue weighted by Gasteiger charge is -2.30. The maximum Gasteiger partial charge on any atom is 0.102 e. The molecule has 1 aliphatic rings. The second-order valence-electron chi connectivity index (χ2n) is 3.18. The van der Waals surface area contributed by atoms with Crippen LogP contribution in [0.5, 0.6) is 0 Å². The van der Waals surface area contributed by atoms with Crippen molar-refractivity contribution in [1.29, 1.82) is 0 Å². The quantitative estimate of drug-likeness (QED) is 0.657.